The van der Waals surface area contributed by atoms with Gasteiger partial charge in [0.15, 0.2) is 0 Å². The van der Waals surface area contributed by atoms with E-state index < -0.39 is 18.6 Å². The van der Waals surface area contributed by atoms with Gasteiger partial charge < -0.3 is 5.73 Å². The molecule has 0 spiro atoms. The molecule has 0 aliphatic heterocycles. The minimum absolute atomic E-state index is 0.129. The summed E-state index contributed by atoms with van der Waals surface area (Å²) in [5.74, 6) is -1.86. The zero-order valence-corrected chi connectivity index (χ0v) is 8.87. The molecule has 0 aliphatic carbocycles. The highest BCUT2D eigenvalue weighted by Gasteiger charge is 2.41. The van der Waals surface area contributed by atoms with Crippen molar-refractivity contribution < 1.29 is 13.2 Å². The van der Waals surface area contributed by atoms with E-state index in [0.717, 1.165) is 12.4 Å². The number of hydrogen-bond acceptors (Lipinski definition) is 2. The van der Waals surface area contributed by atoms with Crippen LogP contribution in [0.3, 0.4) is 0 Å². The van der Waals surface area contributed by atoms with Gasteiger partial charge in [-0.1, -0.05) is 23.2 Å². The average Bonchev–Trinajstić information content (AvgIpc) is 2.09. The number of hydrogen-bond donors (Lipinski definition) is 1. The topological polar surface area (TPSA) is 38.9 Å². The Morgan fingerprint density at radius 1 is 1.27 bits per heavy atom. The van der Waals surface area contributed by atoms with E-state index in [9.17, 15) is 13.2 Å². The van der Waals surface area contributed by atoms with Crippen LogP contribution in [0.15, 0.2) is 12.4 Å². The van der Waals surface area contributed by atoms with E-state index in [1.165, 1.54) is 0 Å². The summed E-state index contributed by atoms with van der Waals surface area (Å²) < 4.78 is 37.6. The Morgan fingerprint density at radius 3 is 2.07 bits per heavy atom. The largest absolute Gasteiger partial charge is 0.397 e. The molecule has 0 amide bonds. The lowest BCUT2D eigenvalue weighted by Crippen LogP contribution is -2.28. The summed E-state index contributed by atoms with van der Waals surface area (Å²) in [4.78, 5) is 3.57. The van der Waals surface area contributed by atoms with Gasteiger partial charge in [0, 0.05) is 24.5 Å². The zero-order chi connectivity index (χ0) is 11.6. The van der Waals surface area contributed by atoms with E-state index in [2.05, 4.69) is 4.98 Å². The molecule has 0 saturated carbocycles. The summed E-state index contributed by atoms with van der Waals surface area (Å²) >= 11 is 11.2. The lowest BCUT2D eigenvalue weighted by Gasteiger charge is -2.20. The fourth-order valence-corrected chi connectivity index (χ4v) is 1.80. The van der Waals surface area contributed by atoms with E-state index >= 15 is 0 Å². The highest BCUT2D eigenvalue weighted by Crippen LogP contribution is 2.40. The van der Waals surface area contributed by atoms with E-state index in [4.69, 9.17) is 28.9 Å². The predicted octanol–water partition coefficient (Wildman–Crippen LogP) is 2.99. The summed E-state index contributed by atoms with van der Waals surface area (Å²) in [6.07, 6.45) is -2.25. The number of aromatic nitrogens is 1. The molecule has 0 radical (unpaired) electrons. The van der Waals surface area contributed by atoms with Gasteiger partial charge in [-0.15, -0.1) is 0 Å². The fraction of sp³-hybridized carbons (Fsp3) is 0.375. The van der Waals surface area contributed by atoms with Crippen molar-refractivity contribution in [1.29, 1.82) is 0 Å². The molecule has 0 bridgehead atoms. The molecule has 2 nitrogen and oxygen atoms in total. The lowest BCUT2D eigenvalue weighted by molar-refractivity contribution is -0.148. The number of pyridine rings is 1. The second-order valence-electron chi connectivity index (χ2n) is 2.85. The number of rotatable bonds is 2. The number of nitrogens with two attached hydrogens (primary N) is 1. The van der Waals surface area contributed by atoms with Crippen LogP contribution < -0.4 is 5.73 Å². The van der Waals surface area contributed by atoms with Gasteiger partial charge in [0.2, 0.25) is 0 Å². The van der Waals surface area contributed by atoms with Crippen LogP contribution >= 0.6 is 23.2 Å². The fourth-order valence-electron chi connectivity index (χ4n) is 1.17. The van der Waals surface area contributed by atoms with Crippen molar-refractivity contribution in [2.45, 2.75) is 12.1 Å². The quantitative estimate of drug-likeness (QED) is 0.886. The third-order valence-electron chi connectivity index (χ3n) is 1.87. The second kappa shape index (κ2) is 4.55. The smallest absolute Gasteiger partial charge is 0.330 e. The molecule has 1 aromatic heterocycles. The van der Waals surface area contributed by atoms with Crippen LogP contribution in [-0.4, -0.2) is 17.7 Å². The average molecular weight is 259 g/mol. The molecule has 15 heavy (non-hydrogen) atoms. The highest BCUT2D eigenvalue weighted by atomic mass is 35.5. The van der Waals surface area contributed by atoms with Crippen LogP contribution in [-0.2, 0) is 0 Å². The minimum atomic E-state index is -4.47. The molecule has 7 heteroatoms. The van der Waals surface area contributed by atoms with Crippen molar-refractivity contribution in [3.05, 3.63) is 28.0 Å². The maximum Gasteiger partial charge on any atom is 0.397 e. The molecule has 1 heterocycles. The summed E-state index contributed by atoms with van der Waals surface area (Å²) in [6, 6.07) is 0. The van der Waals surface area contributed by atoms with Gasteiger partial charge >= 0.3 is 6.18 Å². The Balaban J connectivity index is 3.24. The van der Waals surface area contributed by atoms with Crippen molar-refractivity contribution in [3.63, 3.8) is 0 Å². The van der Waals surface area contributed by atoms with Gasteiger partial charge in [-0.3, -0.25) is 4.98 Å². The van der Waals surface area contributed by atoms with E-state index in [-0.39, 0.29) is 15.6 Å². The first kappa shape index (κ1) is 12.5. The van der Waals surface area contributed by atoms with Crippen LogP contribution in [0.5, 0.6) is 0 Å². The number of halogens is 5. The monoisotopic (exact) mass is 258 g/mol. The Kier molecular flexibility index (Phi) is 3.81. The van der Waals surface area contributed by atoms with Crippen LogP contribution in [0.4, 0.5) is 13.2 Å². The highest BCUT2D eigenvalue weighted by molar-refractivity contribution is 6.35. The van der Waals surface area contributed by atoms with Crippen LogP contribution in [0.2, 0.25) is 10.0 Å². The van der Waals surface area contributed by atoms with Crippen LogP contribution in [0.25, 0.3) is 0 Å². The zero-order valence-electron chi connectivity index (χ0n) is 7.35. The SMILES string of the molecule is NCC(c1c(Cl)cncc1Cl)C(F)(F)F. The van der Waals surface area contributed by atoms with Gasteiger partial charge in [-0.2, -0.15) is 13.2 Å². The van der Waals surface area contributed by atoms with Gasteiger partial charge in [0.25, 0.3) is 0 Å². The van der Waals surface area contributed by atoms with Crippen LogP contribution in [0.1, 0.15) is 11.5 Å². The van der Waals surface area contributed by atoms with Crippen molar-refractivity contribution >= 4 is 23.2 Å². The third kappa shape index (κ3) is 2.74. The molecular formula is C8H7Cl2F3N2. The molecule has 0 aliphatic rings. The maximum absolute atomic E-state index is 12.5. The summed E-state index contributed by atoms with van der Waals surface area (Å²) in [5, 5.41) is -0.259. The normalized spacial score (nSPS) is 14.0. The molecule has 1 atom stereocenters. The molecule has 0 fully saturated rings. The molecule has 1 aromatic rings. The Bertz CT molecular complexity index is 334. The van der Waals surface area contributed by atoms with E-state index in [0.29, 0.717) is 0 Å². The molecule has 0 saturated heterocycles. The molecule has 0 aromatic carbocycles. The first-order valence-corrected chi connectivity index (χ1v) is 4.69. The Hall–Kier alpha value is -0.520. The Morgan fingerprint density at radius 2 is 1.73 bits per heavy atom. The first-order valence-electron chi connectivity index (χ1n) is 3.93. The molecule has 84 valence electrons. The van der Waals surface area contributed by atoms with Gasteiger partial charge in [-0.05, 0) is 0 Å². The lowest BCUT2D eigenvalue weighted by atomic mass is 10.00. The van der Waals surface area contributed by atoms with Crippen molar-refractivity contribution in [3.8, 4) is 0 Å². The van der Waals surface area contributed by atoms with E-state index in [1.54, 1.807) is 0 Å². The van der Waals surface area contributed by atoms with Gasteiger partial charge in [-0.25, -0.2) is 0 Å². The Labute approximate surface area is 94.2 Å². The summed E-state index contributed by atoms with van der Waals surface area (Å²) in [7, 11) is 0. The van der Waals surface area contributed by atoms with Crippen molar-refractivity contribution in [2.75, 3.05) is 6.54 Å². The van der Waals surface area contributed by atoms with Gasteiger partial charge in [0.1, 0.15) is 0 Å². The number of alkyl halides is 3. The first-order chi connectivity index (χ1) is 6.88. The van der Waals surface area contributed by atoms with E-state index in [1.807, 2.05) is 0 Å². The summed E-state index contributed by atoms with van der Waals surface area (Å²) in [6.45, 7) is -0.604. The molecule has 1 rings (SSSR count). The minimum Gasteiger partial charge on any atom is -0.330 e. The van der Waals surface area contributed by atoms with Crippen molar-refractivity contribution in [1.82, 2.24) is 4.98 Å². The maximum atomic E-state index is 12.5. The molecule has 2 N–H and O–H groups in total. The predicted molar refractivity (Wildman–Crippen MR) is 52.1 cm³/mol. The third-order valence-corrected chi connectivity index (χ3v) is 2.47. The standard InChI is InChI=1S/C8H7Cl2F3N2/c9-5-2-15-3-6(10)7(5)4(1-14)8(11,12)13/h2-4H,1,14H2. The van der Waals surface area contributed by atoms with Crippen molar-refractivity contribution in [2.24, 2.45) is 5.73 Å². The summed E-state index contributed by atoms with van der Waals surface area (Å²) in [5.41, 5.74) is 4.85. The van der Waals surface area contributed by atoms with Crippen LogP contribution in [0, 0.1) is 0 Å². The second-order valence-corrected chi connectivity index (χ2v) is 3.66. The van der Waals surface area contributed by atoms with Gasteiger partial charge in [0.05, 0.1) is 16.0 Å². The molecular weight excluding hydrogens is 252 g/mol. The number of nitrogens with zero attached hydrogens (tertiary/aromatic N) is 1. The molecule has 1 unspecified atom stereocenters.